The Morgan fingerprint density at radius 1 is 1.32 bits per heavy atom. The number of amides is 1. The normalized spacial score (nSPS) is 17.8. The van der Waals surface area contributed by atoms with Crippen LogP contribution in [0.5, 0.6) is 0 Å². The molecule has 0 bridgehead atoms. The highest BCUT2D eigenvalue weighted by atomic mass is 35.5. The number of carboxylic acid groups (broad SMARTS) is 1. The van der Waals surface area contributed by atoms with Crippen molar-refractivity contribution in [2.45, 2.75) is 19.4 Å². The summed E-state index contributed by atoms with van der Waals surface area (Å²) in [7, 11) is 0. The molecule has 1 aliphatic heterocycles. The van der Waals surface area contributed by atoms with Crippen molar-refractivity contribution in [3.63, 3.8) is 0 Å². The van der Waals surface area contributed by atoms with Crippen LogP contribution in [0.25, 0.3) is 11.1 Å². The molecule has 2 heterocycles. The molecule has 2 aromatic rings. The van der Waals surface area contributed by atoms with Gasteiger partial charge in [-0.05, 0) is 36.6 Å². The van der Waals surface area contributed by atoms with Gasteiger partial charge in [-0.3, -0.25) is 4.79 Å². The average molecular weight is 415 g/mol. The lowest BCUT2D eigenvalue weighted by atomic mass is 10.0. The number of anilines is 1. The molecular weight excluding hydrogens is 400 g/mol. The number of allylic oxidation sites excluding steroid dienone is 2. The molecule has 8 heteroatoms. The first-order chi connectivity index (χ1) is 13.4. The Hall–Kier alpha value is -2.90. The molecule has 0 fully saturated rings. The van der Waals surface area contributed by atoms with Crippen molar-refractivity contribution in [2.24, 2.45) is 4.99 Å². The molecule has 1 atom stereocenters. The van der Waals surface area contributed by atoms with Gasteiger partial charge in [0.2, 0.25) is 0 Å². The van der Waals surface area contributed by atoms with E-state index in [-0.39, 0.29) is 22.5 Å². The lowest BCUT2D eigenvalue weighted by Crippen LogP contribution is -2.23. The van der Waals surface area contributed by atoms with Crippen molar-refractivity contribution in [1.29, 1.82) is 0 Å². The number of carbonyl (C=O) groups is 2. The highest BCUT2D eigenvalue weighted by Crippen LogP contribution is 2.36. The van der Waals surface area contributed by atoms with Gasteiger partial charge >= 0.3 is 11.9 Å². The quantitative estimate of drug-likeness (QED) is 0.756. The van der Waals surface area contributed by atoms with E-state index in [0.29, 0.717) is 28.3 Å². The first kappa shape index (κ1) is 18.5. The van der Waals surface area contributed by atoms with Gasteiger partial charge < -0.3 is 15.2 Å². The smallest absolute Gasteiger partial charge is 0.339 e. The van der Waals surface area contributed by atoms with Crippen LogP contribution in [0.4, 0.5) is 5.00 Å². The average Bonchev–Trinajstić information content (AvgIpc) is 3.27. The maximum atomic E-state index is 12.6. The van der Waals surface area contributed by atoms with Gasteiger partial charge in [0.15, 0.2) is 0 Å². The predicted octanol–water partition coefficient (Wildman–Crippen LogP) is 4.74. The number of hydrogen-bond donors (Lipinski definition) is 2. The Morgan fingerprint density at radius 2 is 2.07 bits per heavy atom. The zero-order chi connectivity index (χ0) is 19.8. The molecular formula is C20H15ClN2O4S. The van der Waals surface area contributed by atoms with Gasteiger partial charge in [-0.1, -0.05) is 35.9 Å². The molecule has 4 rings (SSSR count). The standard InChI is InChI=1S/C20H15ClN2O4S/c1-10-3-2-4-14-16(10)27-18(22-14)17(24)23-19-15(20(25)26)13(9-28-19)11-5-7-12(21)8-6-11/h2-3,5-9,14H,4H2,1H3,(H,23,24)(H,25,26). The van der Waals surface area contributed by atoms with Crippen molar-refractivity contribution < 1.29 is 19.4 Å². The van der Waals surface area contributed by atoms with E-state index in [1.807, 2.05) is 19.1 Å². The number of nitrogens with one attached hydrogen (secondary N) is 1. The van der Waals surface area contributed by atoms with Gasteiger partial charge in [0.1, 0.15) is 22.4 Å². The van der Waals surface area contributed by atoms with E-state index in [4.69, 9.17) is 16.3 Å². The van der Waals surface area contributed by atoms with Gasteiger partial charge in [-0.2, -0.15) is 0 Å². The van der Waals surface area contributed by atoms with E-state index in [1.165, 1.54) is 0 Å². The number of carbonyl (C=O) groups excluding carboxylic acids is 1. The molecule has 1 amide bonds. The summed E-state index contributed by atoms with van der Waals surface area (Å²) in [5, 5.41) is 14.8. The Bertz CT molecular complexity index is 1070. The summed E-state index contributed by atoms with van der Waals surface area (Å²) in [6, 6.07) is 6.65. The minimum absolute atomic E-state index is 0.0220. The summed E-state index contributed by atoms with van der Waals surface area (Å²) in [6.45, 7) is 1.90. The number of aromatic carboxylic acids is 1. The van der Waals surface area contributed by atoms with Crippen LogP contribution in [0.1, 0.15) is 23.7 Å². The number of hydrogen-bond acceptors (Lipinski definition) is 5. The van der Waals surface area contributed by atoms with Gasteiger partial charge in [0.05, 0.1) is 0 Å². The first-order valence-electron chi connectivity index (χ1n) is 8.49. The van der Waals surface area contributed by atoms with E-state index < -0.39 is 11.9 Å². The third-order valence-electron chi connectivity index (χ3n) is 4.48. The molecule has 0 radical (unpaired) electrons. The van der Waals surface area contributed by atoms with Gasteiger partial charge in [0, 0.05) is 16.0 Å². The van der Waals surface area contributed by atoms with E-state index >= 15 is 0 Å². The van der Waals surface area contributed by atoms with Crippen molar-refractivity contribution in [2.75, 3.05) is 5.32 Å². The van der Waals surface area contributed by atoms with Crippen LogP contribution in [0.15, 0.2) is 58.1 Å². The summed E-state index contributed by atoms with van der Waals surface area (Å²) in [5.74, 6) is -1.09. The summed E-state index contributed by atoms with van der Waals surface area (Å²) >= 11 is 7.04. The summed E-state index contributed by atoms with van der Waals surface area (Å²) in [6.07, 6.45) is 4.59. The maximum absolute atomic E-state index is 12.6. The first-order valence-corrected chi connectivity index (χ1v) is 9.75. The number of ether oxygens (including phenoxy) is 1. The largest absolute Gasteiger partial charge is 0.478 e. The number of aliphatic imine (C=N–C) groups is 1. The predicted molar refractivity (Wildman–Crippen MR) is 109 cm³/mol. The summed E-state index contributed by atoms with van der Waals surface area (Å²) in [4.78, 5) is 28.8. The van der Waals surface area contributed by atoms with Crippen LogP contribution >= 0.6 is 22.9 Å². The van der Waals surface area contributed by atoms with Crippen LogP contribution in [0.2, 0.25) is 5.02 Å². The van der Waals surface area contributed by atoms with E-state index in [2.05, 4.69) is 10.3 Å². The fourth-order valence-corrected chi connectivity index (χ4v) is 4.21. The SMILES string of the molecule is CC1=C2OC(C(=O)Nc3scc(-c4ccc(Cl)cc4)c3C(=O)O)=NC2CC=C1. The molecule has 1 aromatic heterocycles. The highest BCUT2D eigenvalue weighted by molar-refractivity contribution is 7.15. The van der Waals surface area contributed by atoms with Crippen LogP contribution in [0.3, 0.4) is 0 Å². The zero-order valence-electron chi connectivity index (χ0n) is 14.7. The number of carboxylic acids is 1. The Morgan fingerprint density at radius 3 is 2.75 bits per heavy atom. The number of fused-ring (bicyclic) bond motifs is 1. The zero-order valence-corrected chi connectivity index (χ0v) is 16.3. The third-order valence-corrected chi connectivity index (χ3v) is 5.63. The Kier molecular flexibility index (Phi) is 4.78. The van der Waals surface area contributed by atoms with E-state index in [0.717, 1.165) is 16.9 Å². The lowest BCUT2D eigenvalue weighted by Gasteiger charge is -2.12. The Balaban J connectivity index is 1.60. The third kappa shape index (κ3) is 3.34. The topological polar surface area (TPSA) is 88.0 Å². The van der Waals surface area contributed by atoms with Crippen molar-refractivity contribution in [3.05, 3.63) is 63.7 Å². The number of nitrogens with zero attached hydrogens (tertiary/aromatic N) is 1. The second-order valence-electron chi connectivity index (χ2n) is 6.36. The minimum atomic E-state index is -1.13. The fraction of sp³-hybridized carbons (Fsp3) is 0.150. The molecule has 142 valence electrons. The molecule has 2 aliphatic rings. The molecule has 0 saturated carbocycles. The lowest BCUT2D eigenvalue weighted by molar-refractivity contribution is -0.111. The van der Waals surface area contributed by atoms with Gasteiger partial charge in [-0.25, -0.2) is 9.79 Å². The minimum Gasteiger partial charge on any atom is -0.478 e. The molecule has 0 spiro atoms. The molecule has 1 aliphatic carbocycles. The fourth-order valence-electron chi connectivity index (χ4n) is 3.12. The second kappa shape index (κ2) is 7.26. The molecule has 1 aromatic carbocycles. The molecule has 28 heavy (non-hydrogen) atoms. The second-order valence-corrected chi connectivity index (χ2v) is 7.67. The monoisotopic (exact) mass is 414 g/mol. The number of halogens is 1. The molecule has 2 N–H and O–H groups in total. The van der Waals surface area contributed by atoms with Gasteiger partial charge in [-0.15, -0.1) is 11.3 Å². The van der Waals surface area contributed by atoms with Crippen molar-refractivity contribution in [1.82, 2.24) is 0 Å². The maximum Gasteiger partial charge on any atom is 0.339 e. The van der Waals surface area contributed by atoms with Gasteiger partial charge in [0.25, 0.3) is 5.90 Å². The van der Waals surface area contributed by atoms with Crippen molar-refractivity contribution >= 4 is 45.7 Å². The van der Waals surface area contributed by atoms with Crippen molar-refractivity contribution in [3.8, 4) is 11.1 Å². The highest BCUT2D eigenvalue weighted by Gasteiger charge is 2.32. The summed E-state index contributed by atoms with van der Waals surface area (Å²) < 4.78 is 5.63. The number of benzene rings is 1. The van der Waals surface area contributed by atoms with Crippen LogP contribution < -0.4 is 5.32 Å². The molecule has 6 nitrogen and oxygen atoms in total. The van der Waals surface area contributed by atoms with Crippen LogP contribution in [-0.4, -0.2) is 28.9 Å². The number of rotatable bonds is 4. The molecule has 0 saturated heterocycles. The van der Waals surface area contributed by atoms with E-state index in [1.54, 1.807) is 29.6 Å². The number of thiophene rings is 1. The summed E-state index contributed by atoms with van der Waals surface area (Å²) in [5.41, 5.74) is 2.16. The Labute approximate surface area is 169 Å². The molecule has 1 unspecified atom stereocenters. The van der Waals surface area contributed by atoms with Crippen LogP contribution in [0, 0.1) is 0 Å². The van der Waals surface area contributed by atoms with E-state index in [9.17, 15) is 14.7 Å². The van der Waals surface area contributed by atoms with Crippen LogP contribution in [-0.2, 0) is 9.53 Å².